The van der Waals surface area contributed by atoms with Gasteiger partial charge in [-0.2, -0.15) is 0 Å². The standard InChI is InChI=1S/C13H18O2/c1-2-3-4-5-9-12(14)11-8-6-7-10-13(11)15/h2,6-8,10,12,14-15H,1,3-5,9H2. The van der Waals surface area contributed by atoms with Gasteiger partial charge in [0.1, 0.15) is 5.75 Å². The molecule has 1 unspecified atom stereocenters. The van der Waals surface area contributed by atoms with Gasteiger partial charge in [0.05, 0.1) is 6.10 Å². The van der Waals surface area contributed by atoms with Crippen LogP contribution in [-0.2, 0) is 0 Å². The molecule has 0 aliphatic heterocycles. The van der Waals surface area contributed by atoms with Gasteiger partial charge >= 0.3 is 0 Å². The summed E-state index contributed by atoms with van der Waals surface area (Å²) in [6.45, 7) is 3.65. The number of aliphatic hydroxyl groups is 1. The smallest absolute Gasteiger partial charge is 0.121 e. The quantitative estimate of drug-likeness (QED) is 0.554. The van der Waals surface area contributed by atoms with Crippen LogP contribution in [0.15, 0.2) is 36.9 Å². The van der Waals surface area contributed by atoms with Crippen LogP contribution in [0.1, 0.15) is 37.4 Å². The van der Waals surface area contributed by atoms with Crippen LogP contribution in [0.5, 0.6) is 5.75 Å². The Kier molecular flexibility index (Phi) is 4.91. The van der Waals surface area contributed by atoms with Crippen LogP contribution in [0.4, 0.5) is 0 Å². The number of hydrogen-bond acceptors (Lipinski definition) is 2. The molecule has 0 spiro atoms. The monoisotopic (exact) mass is 206 g/mol. The highest BCUT2D eigenvalue weighted by molar-refractivity contribution is 5.33. The largest absolute Gasteiger partial charge is 0.508 e. The number of rotatable bonds is 6. The number of para-hydroxylation sites is 1. The van der Waals surface area contributed by atoms with Gasteiger partial charge in [-0.3, -0.25) is 0 Å². The van der Waals surface area contributed by atoms with Gasteiger partial charge in [-0.05, 0) is 25.3 Å². The molecule has 0 amide bonds. The van der Waals surface area contributed by atoms with Gasteiger partial charge in [0, 0.05) is 5.56 Å². The van der Waals surface area contributed by atoms with Crippen LogP contribution in [0.25, 0.3) is 0 Å². The van der Waals surface area contributed by atoms with E-state index in [1.165, 1.54) is 0 Å². The number of aromatic hydroxyl groups is 1. The summed E-state index contributed by atoms with van der Waals surface area (Å²) in [6.07, 6.45) is 4.97. The molecule has 2 N–H and O–H groups in total. The van der Waals surface area contributed by atoms with E-state index in [1.54, 1.807) is 18.2 Å². The lowest BCUT2D eigenvalue weighted by atomic mass is 10.0. The molecule has 2 nitrogen and oxygen atoms in total. The van der Waals surface area contributed by atoms with E-state index in [0.717, 1.165) is 19.3 Å². The van der Waals surface area contributed by atoms with Gasteiger partial charge in [-0.1, -0.05) is 30.7 Å². The van der Waals surface area contributed by atoms with Crippen molar-refractivity contribution in [1.29, 1.82) is 0 Å². The van der Waals surface area contributed by atoms with Gasteiger partial charge in [0.25, 0.3) is 0 Å². The lowest BCUT2D eigenvalue weighted by Crippen LogP contribution is -1.97. The Labute approximate surface area is 90.9 Å². The summed E-state index contributed by atoms with van der Waals surface area (Å²) >= 11 is 0. The van der Waals surface area contributed by atoms with Crippen LogP contribution in [0.2, 0.25) is 0 Å². The second-order valence-electron chi connectivity index (χ2n) is 3.65. The van der Waals surface area contributed by atoms with E-state index < -0.39 is 6.10 Å². The minimum atomic E-state index is -0.559. The van der Waals surface area contributed by atoms with Crippen molar-refractivity contribution in [3.8, 4) is 5.75 Å². The van der Waals surface area contributed by atoms with Crippen molar-refractivity contribution in [1.82, 2.24) is 0 Å². The van der Waals surface area contributed by atoms with Gasteiger partial charge < -0.3 is 10.2 Å². The van der Waals surface area contributed by atoms with Crippen molar-refractivity contribution < 1.29 is 10.2 Å². The molecule has 0 fully saturated rings. The fraction of sp³-hybridized carbons (Fsp3) is 0.385. The van der Waals surface area contributed by atoms with Crippen LogP contribution in [-0.4, -0.2) is 10.2 Å². The zero-order valence-electron chi connectivity index (χ0n) is 8.89. The summed E-state index contributed by atoms with van der Waals surface area (Å²) in [6, 6.07) is 6.93. The number of benzene rings is 1. The van der Waals surface area contributed by atoms with Crippen molar-refractivity contribution in [2.75, 3.05) is 0 Å². The Morgan fingerprint density at radius 1 is 1.27 bits per heavy atom. The van der Waals surface area contributed by atoms with Crippen LogP contribution in [0.3, 0.4) is 0 Å². The molecule has 1 aromatic rings. The summed E-state index contributed by atoms with van der Waals surface area (Å²) in [4.78, 5) is 0. The molecule has 0 saturated heterocycles. The highest BCUT2D eigenvalue weighted by Crippen LogP contribution is 2.27. The number of unbranched alkanes of at least 4 members (excludes halogenated alkanes) is 2. The molecule has 1 atom stereocenters. The zero-order valence-corrected chi connectivity index (χ0v) is 8.89. The molecule has 0 aliphatic rings. The average molecular weight is 206 g/mol. The molecular formula is C13H18O2. The lowest BCUT2D eigenvalue weighted by Gasteiger charge is -2.11. The maximum absolute atomic E-state index is 9.81. The first kappa shape index (κ1) is 11.8. The summed E-state index contributed by atoms with van der Waals surface area (Å²) < 4.78 is 0. The number of hydrogen-bond donors (Lipinski definition) is 2. The van der Waals surface area contributed by atoms with Crippen molar-refractivity contribution >= 4 is 0 Å². The maximum Gasteiger partial charge on any atom is 0.121 e. The van der Waals surface area contributed by atoms with Crippen molar-refractivity contribution in [2.24, 2.45) is 0 Å². The third-order valence-corrected chi connectivity index (χ3v) is 2.43. The second-order valence-corrected chi connectivity index (χ2v) is 3.65. The molecular weight excluding hydrogens is 188 g/mol. The first-order chi connectivity index (χ1) is 7.25. The summed E-state index contributed by atoms with van der Waals surface area (Å²) in [5.41, 5.74) is 0.621. The molecule has 0 bridgehead atoms. The predicted octanol–water partition coefficient (Wildman–Crippen LogP) is 3.17. The zero-order chi connectivity index (χ0) is 11.1. The van der Waals surface area contributed by atoms with Crippen molar-refractivity contribution in [3.05, 3.63) is 42.5 Å². The first-order valence-corrected chi connectivity index (χ1v) is 5.32. The molecule has 1 rings (SSSR count). The van der Waals surface area contributed by atoms with Gasteiger partial charge in [-0.25, -0.2) is 0 Å². The Morgan fingerprint density at radius 2 is 2.00 bits per heavy atom. The molecule has 0 heterocycles. The highest BCUT2D eigenvalue weighted by Gasteiger charge is 2.10. The molecule has 0 radical (unpaired) electrons. The van der Waals surface area contributed by atoms with Crippen LogP contribution >= 0.6 is 0 Å². The summed E-state index contributed by atoms with van der Waals surface area (Å²) in [5.74, 6) is 0.175. The third kappa shape index (κ3) is 3.76. The van der Waals surface area contributed by atoms with E-state index in [-0.39, 0.29) is 5.75 Å². The SMILES string of the molecule is C=CCCCCC(O)c1ccccc1O. The average Bonchev–Trinajstić information content (AvgIpc) is 2.25. The van der Waals surface area contributed by atoms with E-state index in [4.69, 9.17) is 0 Å². The predicted molar refractivity (Wildman–Crippen MR) is 61.7 cm³/mol. The topological polar surface area (TPSA) is 40.5 Å². The number of phenols is 1. The summed E-state index contributed by atoms with van der Waals surface area (Å²) in [5, 5.41) is 19.3. The highest BCUT2D eigenvalue weighted by atomic mass is 16.3. The van der Waals surface area contributed by atoms with E-state index in [1.807, 2.05) is 12.1 Å². The van der Waals surface area contributed by atoms with Gasteiger partial charge in [-0.15, -0.1) is 6.58 Å². The summed E-state index contributed by atoms with van der Waals surface area (Å²) in [7, 11) is 0. The first-order valence-electron chi connectivity index (χ1n) is 5.32. The minimum absolute atomic E-state index is 0.175. The molecule has 0 aromatic heterocycles. The van der Waals surface area contributed by atoms with E-state index >= 15 is 0 Å². The Balaban J connectivity index is 2.43. The van der Waals surface area contributed by atoms with Gasteiger partial charge in [0.15, 0.2) is 0 Å². The second kappa shape index (κ2) is 6.25. The maximum atomic E-state index is 9.81. The Morgan fingerprint density at radius 3 is 2.67 bits per heavy atom. The van der Waals surface area contributed by atoms with E-state index in [9.17, 15) is 10.2 Å². The molecule has 2 heteroatoms. The Bertz CT molecular complexity index is 307. The molecule has 0 aliphatic carbocycles. The van der Waals surface area contributed by atoms with E-state index in [2.05, 4.69) is 6.58 Å². The normalized spacial score (nSPS) is 12.3. The van der Waals surface area contributed by atoms with E-state index in [0.29, 0.717) is 12.0 Å². The van der Waals surface area contributed by atoms with Crippen LogP contribution in [0, 0.1) is 0 Å². The molecule has 82 valence electrons. The number of aliphatic hydroxyl groups excluding tert-OH is 1. The number of allylic oxidation sites excluding steroid dienone is 1. The van der Waals surface area contributed by atoms with Crippen molar-refractivity contribution in [2.45, 2.75) is 31.8 Å². The fourth-order valence-corrected chi connectivity index (χ4v) is 1.55. The van der Waals surface area contributed by atoms with Crippen molar-refractivity contribution in [3.63, 3.8) is 0 Å². The third-order valence-electron chi connectivity index (χ3n) is 2.43. The lowest BCUT2D eigenvalue weighted by molar-refractivity contribution is 0.160. The molecule has 1 aromatic carbocycles. The van der Waals surface area contributed by atoms with Gasteiger partial charge in [0.2, 0.25) is 0 Å². The number of phenolic OH excluding ortho intramolecular Hbond substituents is 1. The Hall–Kier alpha value is -1.28. The van der Waals surface area contributed by atoms with Crippen LogP contribution < -0.4 is 0 Å². The fourth-order valence-electron chi connectivity index (χ4n) is 1.55. The molecule has 15 heavy (non-hydrogen) atoms. The molecule has 0 saturated carbocycles. The minimum Gasteiger partial charge on any atom is -0.508 e.